The molecule has 2 rings (SSSR count). The van der Waals surface area contributed by atoms with Crippen molar-refractivity contribution in [3.8, 4) is 0 Å². The second-order valence-electron chi connectivity index (χ2n) is 4.29. The molecule has 0 fully saturated rings. The number of rotatable bonds is 0. The van der Waals surface area contributed by atoms with Gasteiger partial charge in [0.05, 0.1) is 0 Å². The van der Waals surface area contributed by atoms with E-state index in [4.69, 9.17) is 0 Å². The van der Waals surface area contributed by atoms with Crippen LogP contribution >= 0.6 is 9.24 Å². The van der Waals surface area contributed by atoms with Gasteiger partial charge in [0.25, 0.3) is 0 Å². The molecule has 0 aliphatic carbocycles. The van der Waals surface area contributed by atoms with Gasteiger partial charge in [0.1, 0.15) is 0 Å². The number of hydrogen-bond acceptors (Lipinski definition) is 0. The van der Waals surface area contributed by atoms with Crippen molar-refractivity contribution in [3.63, 3.8) is 0 Å². The van der Waals surface area contributed by atoms with E-state index in [2.05, 4.69) is 30.0 Å². The molecule has 90 valence electrons. The van der Waals surface area contributed by atoms with Crippen LogP contribution in [-0.4, -0.2) is 5.16 Å². The van der Waals surface area contributed by atoms with Gasteiger partial charge in [0.15, 0.2) is 0 Å². The van der Waals surface area contributed by atoms with Crippen LogP contribution in [0, 0.1) is 0 Å². The maximum Gasteiger partial charge on any atom is 2.00 e. The van der Waals surface area contributed by atoms with Crippen LogP contribution in [0.25, 0.3) is 0 Å². The van der Waals surface area contributed by atoms with Crippen molar-refractivity contribution < 1.29 is 17.1 Å². The monoisotopic (exact) mass is 276 g/mol. The molecule has 0 saturated heterocycles. The average molecular weight is 276 g/mol. The Labute approximate surface area is 113 Å². The van der Waals surface area contributed by atoms with Crippen molar-refractivity contribution in [3.05, 3.63) is 60.7 Å². The fraction of sp³-hybridized carbons (Fsp3) is 0.286. The van der Waals surface area contributed by atoms with Crippen molar-refractivity contribution in [1.29, 1.82) is 0 Å². The zero-order valence-electron chi connectivity index (χ0n) is 10.2. The summed E-state index contributed by atoms with van der Waals surface area (Å²) in [6.07, 6.45) is 0. The van der Waals surface area contributed by atoms with Gasteiger partial charge in [0.2, 0.25) is 0 Å². The van der Waals surface area contributed by atoms with E-state index in [-0.39, 0.29) is 17.1 Å². The van der Waals surface area contributed by atoms with Crippen molar-refractivity contribution in [2.75, 3.05) is 0 Å². The molecule has 0 saturated carbocycles. The fourth-order valence-corrected chi connectivity index (χ4v) is 0.642. The van der Waals surface area contributed by atoms with Crippen LogP contribution in [-0.2, 0) is 17.1 Å². The molecule has 1 atom stereocenters. The Morgan fingerprint density at radius 1 is 0.750 bits per heavy atom. The second-order valence-corrected chi connectivity index (χ2v) is 6.02. The van der Waals surface area contributed by atoms with Gasteiger partial charge < -0.3 is 0 Å². The minimum atomic E-state index is 0. The normalized spacial score (nSPS) is 8.75. The summed E-state index contributed by atoms with van der Waals surface area (Å²) in [6, 6.07) is 20.0. The first-order valence-corrected chi connectivity index (χ1v) is 5.70. The van der Waals surface area contributed by atoms with Crippen LogP contribution in [0.3, 0.4) is 0 Å². The van der Waals surface area contributed by atoms with Crippen LogP contribution < -0.4 is 0 Å². The third kappa shape index (κ3) is 23.5. The molecular formula is C14H21FeP. The van der Waals surface area contributed by atoms with Crippen LogP contribution in [0.2, 0.25) is 0 Å². The summed E-state index contributed by atoms with van der Waals surface area (Å²) in [7, 11) is 2.72. The molecule has 0 aliphatic heterocycles. The third-order valence-corrected chi connectivity index (χ3v) is 1.11. The molecule has 2 heteroatoms. The molecule has 0 aliphatic rings. The molecule has 0 amide bonds. The van der Waals surface area contributed by atoms with Gasteiger partial charge in [-0.25, -0.2) is 24.3 Å². The van der Waals surface area contributed by atoms with Crippen LogP contribution in [0.4, 0.5) is 0 Å². The Balaban J connectivity index is 0. The van der Waals surface area contributed by atoms with Crippen LogP contribution in [0.15, 0.2) is 60.7 Å². The van der Waals surface area contributed by atoms with Gasteiger partial charge in [-0.1, -0.05) is 20.8 Å². The first-order chi connectivity index (χ1) is 7.00. The molecule has 0 bridgehead atoms. The van der Waals surface area contributed by atoms with E-state index in [1.807, 2.05) is 60.7 Å². The summed E-state index contributed by atoms with van der Waals surface area (Å²) in [5, 5.41) is 0.417. The Morgan fingerprint density at radius 3 is 1.00 bits per heavy atom. The fourth-order valence-electron chi connectivity index (χ4n) is 0.642. The Bertz CT molecular complexity index is 210. The van der Waals surface area contributed by atoms with Crippen LogP contribution in [0.5, 0.6) is 0 Å². The van der Waals surface area contributed by atoms with Crippen molar-refractivity contribution in [1.82, 2.24) is 0 Å². The minimum Gasteiger partial charge on any atom is -0.214 e. The topological polar surface area (TPSA) is 0 Å². The molecular weight excluding hydrogens is 255 g/mol. The molecule has 2 aromatic rings. The van der Waals surface area contributed by atoms with Crippen molar-refractivity contribution in [2.24, 2.45) is 0 Å². The van der Waals surface area contributed by atoms with E-state index >= 15 is 0 Å². The molecule has 0 N–H and O–H groups in total. The maximum absolute atomic E-state index is 2.72. The zero-order chi connectivity index (χ0) is 11.6. The summed E-state index contributed by atoms with van der Waals surface area (Å²) in [5.74, 6) is 0. The van der Waals surface area contributed by atoms with E-state index in [1.165, 1.54) is 0 Å². The summed E-state index contributed by atoms with van der Waals surface area (Å²) in [4.78, 5) is 0. The second kappa shape index (κ2) is 11.1. The molecule has 0 nitrogen and oxygen atoms in total. The molecule has 0 aromatic heterocycles. The summed E-state index contributed by atoms with van der Waals surface area (Å²) in [5.41, 5.74) is 0. The minimum absolute atomic E-state index is 0. The Hall–Kier alpha value is -0.351. The largest absolute Gasteiger partial charge is 2.00 e. The van der Waals surface area contributed by atoms with Gasteiger partial charge in [0, 0.05) is 0 Å². The standard InChI is InChI=1S/2C5H5.C4H11P.Fe/c2*1-2-4-5-3-1;1-4(2,3)5;/h2*1-5H;5H2,1-3H3;/q2*-1;;+2. The zero-order valence-corrected chi connectivity index (χ0v) is 12.5. The Morgan fingerprint density at radius 2 is 0.938 bits per heavy atom. The maximum atomic E-state index is 2.72. The predicted octanol–water partition coefficient (Wildman–Crippen LogP) is 4.47. The van der Waals surface area contributed by atoms with E-state index in [0.717, 1.165) is 0 Å². The first kappa shape index (κ1) is 18.0. The van der Waals surface area contributed by atoms with E-state index in [0.29, 0.717) is 5.16 Å². The number of hydrogen-bond donors (Lipinski definition) is 0. The van der Waals surface area contributed by atoms with Gasteiger partial charge in [-0.2, -0.15) is 36.4 Å². The molecule has 0 heterocycles. The van der Waals surface area contributed by atoms with Gasteiger partial charge in [-0.3, -0.25) is 0 Å². The molecule has 2 aromatic carbocycles. The molecule has 0 radical (unpaired) electrons. The van der Waals surface area contributed by atoms with E-state index < -0.39 is 0 Å². The summed E-state index contributed by atoms with van der Waals surface area (Å²) < 4.78 is 0. The van der Waals surface area contributed by atoms with E-state index in [9.17, 15) is 0 Å². The molecule has 0 spiro atoms. The van der Waals surface area contributed by atoms with Crippen LogP contribution in [0.1, 0.15) is 20.8 Å². The first-order valence-electron chi connectivity index (χ1n) is 5.12. The van der Waals surface area contributed by atoms with E-state index in [1.54, 1.807) is 0 Å². The van der Waals surface area contributed by atoms with Gasteiger partial charge in [-0.05, 0) is 5.16 Å². The third-order valence-electron chi connectivity index (χ3n) is 1.11. The molecule has 16 heavy (non-hydrogen) atoms. The summed E-state index contributed by atoms with van der Waals surface area (Å²) in [6.45, 7) is 6.45. The quantitative estimate of drug-likeness (QED) is 0.378. The Kier molecular flexibility index (Phi) is 12.6. The van der Waals surface area contributed by atoms with Crippen molar-refractivity contribution >= 4 is 9.24 Å². The average Bonchev–Trinajstić information content (AvgIpc) is 2.81. The predicted molar refractivity (Wildman–Crippen MR) is 73.5 cm³/mol. The van der Waals surface area contributed by atoms with Gasteiger partial charge >= 0.3 is 17.1 Å². The van der Waals surface area contributed by atoms with Crippen molar-refractivity contribution in [2.45, 2.75) is 25.9 Å². The molecule has 1 unspecified atom stereocenters. The van der Waals surface area contributed by atoms with Gasteiger partial charge in [-0.15, -0.1) is 9.24 Å². The summed E-state index contributed by atoms with van der Waals surface area (Å²) >= 11 is 0. The smallest absolute Gasteiger partial charge is 0.214 e. The SMILES string of the molecule is CC(C)(C)P.[Fe+2].c1cc[cH-]c1.c1cc[cH-]c1.